The number of hydrogen-bond acceptors (Lipinski definition) is 5. The number of hydrazone groups is 1. The molecule has 4 nitrogen and oxygen atoms in total. The summed E-state index contributed by atoms with van der Waals surface area (Å²) >= 11 is 1.54. The van der Waals surface area contributed by atoms with Crippen LogP contribution in [0.5, 0.6) is 0 Å². The van der Waals surface area contributed by atoms with Crippen LogP contribution in [0, 0.1) is 0 Å². The van der Waals surface area contributed by atoms with Crippen LogP contribution in [0.25, 0.3) is 0 Å². The van der Waals surface area contributed by atoms with Crippen LogP contribution in [0.1, 0.15) is 0 Å². The maximum atomic E-state index is 4.88. The third-order valence-electron chi connectivity index (χ3n) is 1.10. The third kappa shape index (κ3) is 0.841. The highest BCUT2D eigenvalue weighted by Crippen LogP contribution is 2.18. The van der Waals surface area contributed by atoms with Crippen LogP contribution in [-0.4, -0.2) is 18.1 Å². The SMILES string of the molecule is C1=NN(c2nccs2)CO1. The Labute approximate surface area is 61.8 Å². The highest BCUT2D eigenvalue weighted by Gasteiger charge is 2.10. The van der Waals surface area contributed by atoms with E-state index in [9.17, 15) is 0 Å². The fourth-order valence-electron chi connectivity index (χ4n) is 0.676. The first-order valence-corrected chi connectivity index (χ1v) is 3.66. The number of anilines is 1. The maximum Gasteiger partial charge on any atom is 0.209 e. The molecule has 0 fully saturated rings. The normalized spacial score (nSPS) is 15.8. The van der Waals surface area contributed by atoms with Gasteiger partial charge in [-0.25, -0.2) is 4.98 Å². The summed E-state index contributed by atoms with van der Waals surface area (Å²) in [4.78, 5) is 4.05. The van der Waals surface area contributed by atoms with Crippen molar-refractivity contribution in [1.29, 1.82) is 0 Å². The lowest BCUT2D eigenvalue weighted by atomic mass is 10.9. The molecule has 0 aromatic carbocycles. The van der Waals surface area contributed by atoms with E-state index in [1.165, 1.54) is 6.40 Å². The number of ether oxygens (including phenoxy) is 1. The van der Waals surface area contributed by atoms with E-state index in [4.69, 9.17) is 4.74 Å². The molecule has 0 saturated carbocycles. The maximum absolute atomic E-state index is 4.88. The van der Waals surface area contributed by atoms with E-state index in [0.29, 0.717) is 6.73 Å². The van der Waals surface area contributed by atoms with Gasteiger partial charge in [-0.2, -0.15) is 5.01 Å². The summed E-state index contributed by atoms with van der Waals surface area (Å²) in [6.07, 6.45) is 3.16. The Kier molecular flexibility index (Phi) is 1.28. The Balaban J connectivity index is 2.20. The van der Waals surface area contributed by atoms with Crippen LogP contribution in [0.4, 0.5) is 5.13 Å². The molecule has 0 spiro atoms. The van der Waals surface area contributed by atoms with Crippen molar-refractivity contribution in [2.45, 2.75) is 0 Å². The molecule has 0 bridgehead atoms. The van der Waals surface area contributed by atoms with Crippen LogP contribution in [0.15, 0.2) is 16.7 Å². The van der Waals surface area contributed by atoms with Crippen molar-refractivity contribution < 1.29 is 4.74 Å². The second-order valence-corrected chi connectivity index (χ2v) is 2.60. The molecule has 0 unspecified atom stereocenters. The largest absolute Gasteiger partial charge is 0.459 e. The van der Waals surface area contributed by atoms with Crippen LogP contribution in [0.2, 0.25) is 0 Å². The molecule has 0 aliphatic carbocycles. The molecule has 52 valence electrons. The fraction of sp³-hybridized carbons (Fsp3) is 0.200. The molecule has 5 heteroatoms. The minimum Gasteiger partial charge on any atom is -0.459 e. The topological polar surface area (TPSA) is 37.7 Å². The van der Waals surface area contributed by atoms with Crippen molar-refractivity contribution in [3.8, 4) is 0 Å². The van der Waals surface area contributed by atoms with Crippen molar-refractivity contribution in [2.75, 3.05) is 11.7 Å². The van der Waals surface area contributed by atoms with Crippen LogP contribution >= 0.6 is 11.3 Å². The molecular formula is C5H5N3OS. The van der Waals surface area contributed by atoms with E-state index >= 15 is 0 Å². The first-order chi connectivity index (χ1) is 4.97. The Morgan fingerprint density at radius 3 is 3.30 bits per heavy atom. The van der Waals surface area contributed by atoms with Crippen molar-refractivity contribution in [3.63, 3.8) is 0 Å². The fourth-order valence-corrected chi connectivity index (χ4v) is 1.26. The molecule has 0 N–H and O–H groups in total. The van der Waals surface area contributed by atoms with E-state index in [2.05, 4.69) is 10.1 Å². The molecule has 1 aliphatic heterocycles. The standard InChI is InChI=1S/C5H5N3OS/c1-2-10-5(6-1)8-4-9-3-7-8/h1-3H,4H2. The van der Waals surface area contributed by atoms with E-state index in [0.717, 1.165) is 5.13 Å². The van der Waals surface area contributed by atoms with Gasteiger partial charge in [-0.15, -0.1) is 16.4 Å². The summed E-state index contributed by atoms with van der Waals surface area (Å²) in [6.45, 7) is 0.480. The monoisotopic (exact) mass is 155 g/mol. The number of hydrogen-bond donors (Lipinski definition) is 0. The predicted molar refractivity (Wildman–Crippen MR) is 39.0 cm³/mol. The second-order valence-electron chi connectivity index (χ2n) is 1.73. The molecule has 2 heterocycles. The average Bonchev–Trinajstić information content (AvgIpc) is 2.59. The van der Waals surface area contributed by atoms with Crippen LogP contribution in [0.3, 0.4) is 0 Å². The Morgan fingerprint density at radius 1 is 1.70 bits per heavy atom. The summed E-state index contributed by atoms with van der Waals surface area (Å²) in [5.74, 6) is 0. The molecule has 2 rings (SSSR count). The van der Waals surface area contributed by atoms with E-state index < -0.39 is 0 Å². The summed E-state index contributed by atoms with van der Waals surface area (Å²) in [5.41, 5.74) is 0. The predicted octanol–water partition coefficient (Wildman–Crippen LogP) is 0.880. The lowest BCUT2D eigenvalue weighted by Crippen LogP contribution is -2.11. The summed E-state index contributed by atoms with van der Waals surface area (Å²) < 4.78 is 4.88. The highest BCUT2D eigenvalue weighted by molar-refractivity contribution is 7.13. The van der Waals surface area contributed by atoms with E-state index in [-0.39, 0.29) is 0 Å². The molecule has 0 amide bonds. The minimum atomic E-state index is 0.480. The second kappa shape index (κ2) is 2.26. The molecular weight excluding hydrogens is 150 g/mol. The van der Waals surface area contributed by atoms with Gasteiger partial charge in [0.05, 0.1) is 0 Å². The zero-order chi connectivity index (χ0) is 6.81. The van der Waals surface area contributed by atoms with Gasteiger partial charge in [0.2, 0.25) is 5.13 Å². The van der Waals surface area contributed by atoms with Gasteiger partial charge in [0.25, 0.3) is 0 Å². The smallest absolute Gasteiger partial charge is 0.209 e. The molecule has 1 aliphatic rings. The summed E-state index contributed by atoms with van der Waals surface area (Å²) in [7, 11) is 0. The zero-order valence-corrected chi connectivity index (χ0v) is 5.91. The Bertz CT molecular complexity index is 233. The van der Waals surface area contributed by atoms with Crippen molar-refractivity contribution in [3.05, 3.63) is 11.6 Å². The average molecular weight is 155 g/mol. The van der Waals surface area contributed by atoms with Gasteiger partial charge in [-0.3, -0.25) is 0 Å². The molecule has 1 aromatic heterocycles. The molecule has 0 saturated heterocycles. The molecule has 1 aromatic rings. The van der Waals surface area contributed by atoms with Crippen molar-refractivity contribution in [2.24, 2.45) is 5.10 Å². The first-order valence-electron chi connectivity index (χ1n) is 2.78. The number of aromatic nitrogens is 1. The summed E-state index contributed by atoms with van der Waals surface area (Å²) in [5, 5.41) is 8.39. The number of nitrogens with zero attached hydrogens (tertiary/aromatic N) is 3. The van der Waals surface area contributed by atoms with Crippen LogP contribution < -0.4 is 5.01 Å². The van der Waals surface area contributed by atoms with Crippen molar-refractivity contribution in [1.82, 2.24) is 4.98 Å². The van der Waals surface area contributed by atoms with E-state index in [1.54, 1.807) is 22.5 Å². The van der Waals surface area contributed by atoms with Gasteiger partial charge < -0.3 is 4.74 Å². The highest BCUT2D eigenvalue weighted by atomic mass is 32.1. The number of rotatable bonds is 1. The first kappa shape index (κ1) is 5.67. The quantitative estimate of drug-likeness (QED) is 0.604. The van der Waals surface area contributed by atoms with Crippen molar-refractivity contribution >= 4 is 22.9 Å². The van der Waals surface area contributed by atoms with Gasteiger partial charge in [0.1, 0.15) is 0 Å². The van der Waals surface area contributed by atoms with Gasteiger partial charge in [-0.1, -0.05) is 0 Å². The molecule has 0 atom stereocenters. The van der Waals surface area contributed by atoms with Gasteiger partial charge >= 0.3 is 0 Å². The Morgan fingerprint density at radius 2 is 2.70 bits per heavy atom. The third-order valence-corrected chi connectivity index (χ3v) is 1.88. The lowest BCUT2D eigenvalue weighted by molar-refractivity contribution is 0.350. The molecule has 10 heavy (non-hydrogen) atoms. The van der Waals surface area contributed by atoms with Gasteiger partial charge in [-0.05, 0) is 0 Å². The number of thiazole rings is 1. The van der Waals surface area contributed by atoms with E-state index in [1.807, 2.05) is 5.38 Å². The van der Waals surface area contributed by atoms with Crippen LogP contribution in [-0.2, 0) is 4.74 Å². The minimum absolute atomic E-state index is 0.480. The zero-order valence-electron chi connectivity index (χ0n) is 5.10. The summed E-state index contributed by atoms with van der Waals surface area (Å²) in [6, 6.07) is 0. The van der Waals surface area contributed by atoms with Gasteiger partial charge in [0.15, 0.2) is 13.1 Å². The Hall–Kier alpha value is -1.10. The lowest BCUT2D eigenvalue weighted by Gasteiger charge is -2.04. The molecule has 0 radical (unpaired) electrons. The van der Waals surface area contributed by atoms with Gasteiger partial charge in [0, 0.05) is 11.6 Å².